The van der Waals surface area contributed by atoms with E-state index < -0.39 is 0 Å². The Morgan fingerprint density at radius 3 is 1.88 bits per heavy atom. The second-order valence-corrected chi connectivity index (χ2v) is 13.4. The molecule has 1 aliphatic rings. The highest BCUT2D eigenvalue weighted by Crippen LogP contribution is 2.42. The van der Waals surface area contributed by atoms with E-state index in [4.69, 9.17) is 23.8 Å². The number of furan rings is 2. The smallest absolute Gasteiger partial charge is 0.164 e. The van der Waals surface area contributed by atoms with Crippen molar-refractivity contribution in [1.29, 1.82) is 0 Å². The van der Waals surface area contributed by atoms with E-state index in [2.05, 4.69) is 115 Å². The van der Waals surface area contributed by atoms with Crippen LogP contribution in [0.4, 0.5) is 0 Å². The van der Waals surface area contributed by atoms with Gasteiger partial charge in [-0.05, 0) is 81.9 Å². The first-order chi connectivity index (χ1) is 25.8. The van der Waals surface area contributed by atoms with Crippen LogP contribution in [-0.2, 0) is 0 Å². The van der Waals surface area contributed by atoms with Gasteiger partial charge in [-0.25, -0.2) is 15.0 Å². The van der Waals surface area contributed by atoms with E-state index in [1.807, 2.05) is 36.4 Å². The summed E-state index contributed by atoms with van der Waals surface area (Å²) < 4.78 is 12.8. The lowest BCUT2D eigenvalue weighted by atomic mass is 9.96. The maximum Gasteiger partial charge on any atom is 0.164 e. The van der Waals surface area contributed by atoms with Crippen LogP contribution >= 0.6 is 0 Å². The number of nitrogens with zero attached hydrogens (tertiary/aromatic N) is 3. The molecule has 0 saturated carbocycles. The van der Waals surface area contributed by atoms with Crippen molar-refractivity contribution in [3.05, 3.63) is 158 Å². The third-order valence-corrected chi connectivity index (χ3v) is 10.3. The Kier molecular flexibility index (Phi) is 6.31. The van der Waals surface area contributed by atoms with E-state index in [0.717, 1.165) is 95.3 Å². The molecule has 0 amide bonds. The van der Waals surface area contributed by atoms with Gasteiger partial charge in [-0.3, -0.25) is 0 Å². The molecule has 11 rings (SSSR count). The van der Waals surface area contributed by atoms with Crippen molar-refractivity contribution >= 4 is 71.0 Å². The van der Waals surface area contributed by atoms with Crippen molar-refractivity contribution in [2.75, 3.05) is 0 Å². The highest BCUT2D eigenvalue weighted by molar-refractivity contribution is 6.16. The molecule has 0 bridgehead atoms. The number of hydrogen-bond acceptors (Lipinski definition) is 5. The van der Waals surface area contributed by atoms with Gasteiger partial charge >= 0.3 is 0 Å². The summed E-state index contributed by atoms with van der Waals surface area (Å²) >= 11 is 0. The average Bonchev–Trinajstić information content (AvgIpc) is 3.79. The van der Waals surface area contributed by atoms with E-state index in [1.165, 1.54) is 10.8 Å². The van der Waals surface area contributed by atoms with Gasteiger partial charge in [0, 0.05) is 38.2 Å². The van der Waals surface area contributed by atoms with Crippen LogP contribution < -0.4 is 0 Å². The fraction of sp³-hybridized carbons (Fsp3) is 0.0426. The molecule has 1 aliphatic carbocycles. The van der Waals surface area contributed by atoms with E-state index >= 15 is 0 Å². The molecule has 0 radical (unpaired) electrons. The third-order valence-electron chi connectivity index (χ3n) is 10.3. The van der Waals surface area contributed by atoms with E-state index in [-0.39, 0.29) is 0 Å². The molecule has 0 saturated heterocycles. The van der Waals surface area contributed by atoms with E-state index in [9.17, 15) is 0 Å². The molecule has 52 heavy (non-hydrogen) atoms. The Labute approximate surface area is 298 Å². The van der Waals surface area contributed by atoms with Crippen LogP contribution in [0.25, 0.3) is 105 Å². The molecule has 0 fully saturated rings. The summed E-state index contributed by atoms with van der Waals surface area (Å²) in [7, 11) is 0. The van der Waals surface area contributed by atoms with Crippen LogP contribution in [0.1, 0.15) is 18.7 Å². The molecule has 10 aromatic rings. The van der Waals surface area contributed by atoms with Crippen molar-refractivity contribution < 1.29 is 8.83 Å². The third kappa shape index (κ3) is 4.46. The van der Waals surface area contributed by atoms with Crippen LogP contribution in [0.15, 0.2) is 161 Å². The molecule has 7 aromatic carbocycles. The number of rotatable bonds is 4. The quantitative estimate of drug-likeness (QED) is 0.175. The Morgan fingerprint density at radius 2 is 1.06 bits per heavy atom. The normalized spacial score (nSPS) is 13.3. The maximum absolute atomic E-state index is 6.61. The predicted octanol–water partition coefficient (Wildman–Crippen LogP) is 12.7. The first-order valence-corrected chi connectivity index (χ1v) is 17.7. The molecular weight excluding hydrogens is 639 g/mol. The van der Waals surface area contributed by atoms with Gasteiger partial charge in [-0.1, -0.05) is 115 Å². The standard InChI is InChI=1S/C47H29N3O2/c1-2-12-28(13-3-1)45-48-46(50-47(49-45)38-26-29-14-4-5-15-31(29)33-16-6-7-17-34(33)38)37-20-11-23-41-44(37)36-25-24-30(27-42(36)52-41)32-19-10-22-40-43(32)35-18-8-9-21-39(35)51-40/h2,4-27H,1,3H2. The van der Waals surface area contributed by atoms with Gasteiger partial charge in [-0.2, -0.15) is 0 Å². The Morgan fingerprint density at radius 1 is 0.423 bits per heavy atom. The molecule has 0 unspecified atom stereocenters. The number of fused-ring (bicyclic) bond motifs is 9. The molecular formula is C47H29N3O2. The lowest BCUT2D eigenvalue weighted by molar-refractivity contribution is 0.668. The van der Waals surface area contributed by atoms with Crippen LogP contribution in [0.5, 0.6) is 0 Å². The Hall–Kier alpha value is -6.85. The molecule has 0 N–H and O–H groups in total. The summed E-state index contributed by atoms with van der Waals surface area (Å²) in [6.07, 6.45) is 8.51. The van der Waals surface area contributed by atoms with Crippen molar-refractivity contribution in [1.82, 2.24) is 15.0 Å². The van der Waals surface area contributed by atoms with Gasteiger partial charge in [0.15, 0.2) is 17.5 Å². The number of aromatic nitrogens is 3. The minimum atomic E-state index is 0.615. The predicted molar refractivity (Wildman–Crippen MR) is 212 cm³/mol. The fourth-order valence-electron chi connectivity index (χ4n) is 7.96. The van der Waals surface area contributed by atoms with E-state index in [0.29, 0.717) is 17.5 Å². The molecule has 3 heterocycles. The Balaban J connectivity index is 1.13. The number of para-hydroxylation sites is 1. The van der Waals surface area contributed by atoms with Gasteiger partial charge in [0.2, 0.25) is 0 Å². The first-order valence-electron chi connectivity index (χ1n) is 17.7. The van der Waals surface area contributed by atoms with Crippen LogP contribution in [0.2, 0.25) is 0 Å². The monoisotopic (exact) mass is 667 g/mol. The Bertz CT molecular complexity index is 3140. The molecule has 5 heteroatoms. The lowest BCUT2D eigenvalue weighted by Crippen LogP contribution is -2.03. The minimum Gasteiger partial charge on any atom is -0.456 e. The minimum absolute atomic E-state index is 0.615. The van der Waals surface area contributed by atoms with Gasteiger partial charge in [0.05, 0.1) is 0 Å². The molecule has 0 atom stereocenters. The topological polar surface area (TPSA) is 65.0 Å². The highest BCUT2D eigenvalue weighted by atomic mass is 16.3. The SMILES string of the molecule is C1=CC(c2nc(-c3cc4ccccc4c4ccccc34)nc(-c3cccc4oc5cc(-c6cccc7oc8ccccc8c67)ccc5c34)n2)=CCC1. The van der Waals surface area contributed by atoms with Crippen molar-refractivity contribution in [2.45, 2.75) is 12.8 Å². The van der Waals surface area contributed by atoms with Gasteiger partial charge < -0.3 is 8.83 Å². The number of hydrogen-bond donors (Lipinski definition) is 0. The summed E-state index contributed by atoms with van der Waals surface area (Å²) in [5.74, 6) is 1.93. The molecule has 244 valence electrons. The zero-order chi connectivity index (χ0) is 34.2. The second kappa shape index (κ2) is 11.3. The zero-order valence-corrected chi connectivity index (χ0v) is 28.0. The number of allylic oxidation sites excluding steroid dienone is 4. The molecule has 5 nitrogen and oxygen atoms in total. The first kappa shape index (κ1) is 28.9. The van der Waals surface area contributed by atoms with E-state index in [1.54, 1.807) is 0 Å². The van der Waals surface area contributed by atoms with Crippen LogP contribution in [-0.4, -0.2) is 15.0 Å². The largest absolute Gasteiger partial charge is 0.456 e. The number of benzene rings is 7. The summed E-state index contributed by atoms with van der Waals surface area (Å²) in [6.45, 7) is 0. The van der Waals surface area contributed by atoms with Crippen LogP contribution in [0.3, 0.4) is 0 Å². The summed E-state index contributed by atoms with van der Waals surface area (Å²) in [6, 6.07) is 46.3. The van der Waals surface area contributed by atoms with Crippen molar-refractivity contribution in [3.63, 3.8) is 0 Å². The fourth-order valence-corrected chi connectivity index (χ4v) is 7.96. The highest BCUT2D eigenvalue weighted by Gasteiger charge is 2.21. The van der Waals surface area contributed by atoms with Crippen LogP contribution in [0, 0.1) is 0 Å². The van der Waals surface area contributed by atoms with Crippen molar-refractivity contribution in [2.24, 2.45) is 0 Å². The van der Waals surface area contributed by atoms with Crippen molar-refractivity contribution in [3.8, 4) is 33.9 Å². The summed E-state index contributed by atoms with van der Waals surface area (Å²) in [5, 5.41) is 8.84. The summed E-state index contributed by atoms with van der Waals surface area (Å²) in [5.41, 5.74) is 8.40. The molecule has 0 spiro atoms. The average molecular weight is 668 g/mol. The molecule has 0 aliphatic heterocycles. The second-order valence-electron chi connectivity index (χ2n) is 13.4. The lowest BCUT2D eigenvalue weighted by Gasteiger charge is -2.13. The zero-order valence-electron chi connectivity index (χ0n) is 28.0. The summed E-state index contributed by atoms with van der Waals surface area (Å²) in [4.78, 5) is 15.6. The van der Waals surface area contributed by atoms with Gasteiger partial charge in [-0.15, -0.1) is 0 Å². The molecule has 3 aromatic heterocycles. The maximum atomic E-state index is 6.61. The van der Waals surface area contributed by atoms with Gasteiger partial charge in [0.25, 0.3) is 0 Å². The van der Waals surface area contributed by atoms with Gasteiger partial charge in [0.1, 0.15) is 22.3 Å².